The van der Waals surface area contributed by atoms with Gasteiger partial charge in [-0.25, -0.2) is 4.98 Å². The van der Waals surface area contributed by atoms with Crippen molar-refractivity contribution in [3.05, 3.63) is 65.3 Å². The van der Waals surface area contributed by atoms with Crippen LogP contribution in [-0.2, 0) is 13.1 Å². The van der Waals surface area contributed by atoms with Crippen molar-refractivity contribution in [1.82, 2.24) is 19.3 Å². The van der Waals surface area contributed by atoms with Gasteiger partial charge in [0.15, 0.2) is 5.82 Å². The van der Waals surface area contributed by atoms with E-state index in [1.165, 1.54) is 0 Å². The molecule has 0 unspecified atom stereocenters. The van der Waals surface area contributed by atoms with Crippen LogP contribution in [0.15, 0.2) is 59.8 Å². The van der Waals surface area contributed by atoms with E-state index >= 15 is 0 Å². The first-order valence-corrected chi connectivity index (χ1v) is 6.63. The molecule has 21 heavy (non-hydrogen) atoms. The van der Waals surface area contributed by atoms with E-state index in [1.807, 2.05) is 30.3 Å². The van der Waals surface area contributed by atoms with Gasteiger partial charge in [-0.05, 0) is 30.3 Å². The van der Waals surface area contributed by atoms with Crippen LogP contribution in [0, 0.1) is 0 Å². The highest BCUT2D eigenvalue weighted by molar-refractivity contribution is 5.57. The number of nitrogens with two attached hydrogens (primary N) is 1. The van der Waals surface area contributed by atoms with Crippen molar-refractivity contribution in [2.45, 2.75) is 13.1 Å². The van der Waals surface area contributed by atoms with Gasteiger partial charge < -0.3 is 10.3 Å². The number of hydrogen-bond donors (Lipinski definition) is 1. The van der Waals surface area contributed by atoms with E-state index in [2.05, 4.69) is 10.1 Å². The van der Waals surface area contributed by atoms with Crippen molar-refractivity contribution in [2.75, 3.05) is 5.73 Å². The number of hydrogen-bond acceptors (Lipinski definition) is 4. The second-order valence-corrected chi connectivity index (χ2v) is 4.69. The van der Waals surface area contributed by atoms with Gasteiger partial charge in [-0.2, -0.15) is 5.10 Å². The number of anilines is 1. The molecule has 2 aromatic heterocycles. The first kappa shape index (κ1) is 13.1. The summed E-state index contributed by atoms with van der Waals surface area (Å²) in [6.45, 7) is 1.15. The first-order valence-electron chi connectivity index (χ1n) is 6.63. The SMILES string of the molecule is Nc1ccc(-c2ncn(CCn3ccccc3=O)n2)cc1. The maximum absolute atomic E-state index is 11.6. The summed E-state index contributed by atoms with van der Waals surface area (Å²) < 4.78 is 3.37. The topological polar surface area (TPSA) is 78.7 Å². The molecule has 6 nitrogen and oxygen atoms in total. The van der Waals surface area contributed by atoms with Crippen molar-refractivity contribution >= 4 is 5.69 Å². The summed E-state index contributed by atoms with van der Waals surface area (Å²) in [6, 6.07) is 12.5. The third-order valence-corrected chi connectivity index (χ3v) is 3.17. The number of pyridine rings is 1. The van der Waals surface area contributed by atoms with Crippen LogP contribution < -0.4 is 11.3 Å². The van der Waals surface area contributed by atoms with E-state index < -0.39 is 0 Å². The van der Waals surface area contributed by atoms with Crippen LogP contribution in [-0.4, -0.2) is 19.3 Å². The van der Waals surface area contributed by atoms with Gasteiger partial charge in [0.2, 0.25) is 0 Å². The molecule has 2 N–H and O–H groups in total. The molecule has 3 aromatic rings. The Morgan fingerprint density at radius 1 is 1.05 bits per heavy atom. The summed E-state index contributed by atoms with van der Waals surface area (Å²) in [6.07, 6.45) is 3.43. The summed E-state index contributed by atoms with van der Waals surface area (Å²) in [5.74, 6) is 0.649. The fourth-order valence-electron chi connectivity index (χ4n) is 2.02. The monoisotopic (exact) mass is 281 g/mol. The van der Waals surface area contributed by atoms with Crippen LogP contribution in [0.1, 0.15) is 0 Å². The van der Waals surface area contributed by atoms with Gasteiger partial charge in [0.25, 0.3) is 5.56 Å². The average Bonchev–Trinajstić information content (AvgIpc) is 2.96. The highest BCUT2D eigenvalue weighted by Gasteiger charge is 2.04. The minimum absolute atomic E-state index is 0.0172. The van der Waals surface area contributed by atoms with Crippen LogP contribution in [0.4, 0.5) is 5.69 Å². The first-order chi connectivity index (χ1) is 10.2. The molecule has 0 aliphatic rings. The molecule has 106 valence electrons. The van der Waals surface area contributed by atoms with E-state index in [0.29, 0.717) is 24.6 Å². The van der Waals surface area contributed by atoms with Gasteiger partial charge in [0.1, 0.15) is 6.33 Å². The van der Waals surface area contributed by atoms with Crippen molar-refractivity contribution < 1.29 is 0 Å². The summed E-state index contributed by atoms with van der Waals surface area (Å²) in [7, 11) is 0. The Hall–Kier alpha value is -2.89. The largest absolute Gasteiger partial charge is 0.399 e. The number of benzene rings is 1. The van der Waals surface area contributed by atoms with E-state index in [9.17, 15) is 4.79 Å². The van der Waals surface area contributed by atoms with Crippen molar-refractivity contribution in [2.24, 2.45) is 0 Å². The molecule has 0 saturated carbocycles. The second kappa shape index (κ2) is 5.62. The minimum atomic E-state index is -0.0172. The third kappa shape index (κ3) is 3.00. The number of nitrogens with zero attached hydrogens (tertiary/aromatic N) is 4. The lowest BCUT2D eigenvalue weighted by Crippen LogP contribution is -2.20. The van der Waals surface area contributed by atoms with Gasteiger partial charge in [0.05, 0.1) is 6.54 Å². The summed E-state index contributed by atoms with van der Waals surface area (Å²) in [4.78, 5) is 15.9. The van der Waals surface area contributed by atoms with Crippen molar-refractivity contribution in [3.8, 4) is 11.4 Å². The van der Waals surface area contributed by atoms with Gasteiger partial charge in [-0.3, -0.25) is 9.48 Å². The zero-order valence-electron chi connectivity index (χ0n) is 11.4. The Morgan fingerprint density at radius 2 is 1.86 bits per heavy atom. The zero-order chi connectivity index (χ0) is 14.7. The Morgan fingerprint density at radius 3 is 2.62 bits per heavy atom. The van der Waals surface area contributed by atoms with Crippen molar-refractivity contribution in [1.29, 1.82) is 0 Å². The lowest BCUT2D eigenvalue weighted by atomic mass is 10.2. The standard InChI is InChI=1S/C15H15N5O/c16-13-6-4-12(5-7-13)15-17-11-20(18-15)10-9-19-8-2-1-3-14(19)21/h1-8,11H,9-10,16H2. The van der Waals surface area contributed by atoms with Gasteiger partial charge in [-0.15, -0.1) is 0 Å². The number of aryl methyl sites for hydroxylation is 2. The van der Waals surface area contributed by atoms with Crippen molar-refractivity contribution in [3.63, 3.8) is 0 Å². The maximum atomic E-state index is 11.6. The summed E-state index contributed by atoms with van der Waals surface area (Å²) >= 11 is 0. The van der Waals surface area contributed by atoms with Crippen LogP contribution in [0.3, 0.4) is 0 Å². The summed E-state index contributed by atoms with van der Waals surface area (Å²) in [5, 5.41) is 4.40. The number of nitrogen functional groups attached to an aromatic ring is 1. The van der Waals surface area contributed by atoms with Gasteiger partial charge in [0, 0.05) is 30.1 Å². The van der Waals surface area contributed by atoms with Gasteiger partial charge in [-0.1, -0.05) is 6.07 Å². The molecule has 0 aliphatic carbocycles. The van der Waals surface area contributed by atoms with E-state index in [4.69, 9.17) is 5.73 Å². The molecular formula is C15H15N5O. The molecule has 0 saturated heterocycles. The highest BCUT2D eigenvalue weighted by Crippen LogP contribution is 2.15. The van der Waals surface area contributed by atoms with Crippen LogP contribution in [0.2, 0.25) is 0 Å². The molecule has 0 atom stereocenters. The zero-order valence-corrected chi connectivity index (χ0v) is 11.4. The maximum Gasteiger partial charge on any atom is 0.250 e. The molecule has 2 heterocycles. The number of rotatable bonds is 4. The molecule has 0 fully saturated rings. The minimum Gasteiger partial charge on any atom is -0.399 e. The Bertz CT molecular complexity index is 788. The lowest BCUT2D eigenvalue weighted by molar-refractivity contribution is 0.523. The number of aromatic nitrogens is 4. The Kier molecular flexibility index (Phi) is 3.51. The fourth-order valence-corrected chi connectivity index (χ4v) is 2.02. The predicted molar refractivity (Wildman–Crippen MR) is 80.6 cm³/mol. The third-order valence-electron chi connectivity index (χ3n) is 3.17. The van der Waals surface area contributed by atoms with Crippen LogP contribution in [0.25, 0.3) is 11.4 Å². The normalized spacial score (nSPS) is 10.7. The highest BCUT2D eigenvalue weighted by atomic mass is 16.1. The molecule has 1 aromatic carbocycles. The lowest BCUT2D eigenvalue weighted by Gasteiger charge is -2.04. The molecule has 0 amide bonds. The fraction of sp³-hybridized carbons (Fsp3) is 0.133. The molecule has 0 spiro atoms. The summed E-state index contributed by atoms with van der Waals surface area (Å²) in [5.41, 5.74) is 7.27. The van der Waals surface area contributed by atoms with Crippen LogP contribution in [0.5, 0.6) is 0 Å². The molecule has 0 aliphatic heterocycles. The smallest absolute Gasteiger partial charge is 0.250 e. The molecular weight excluding hydrogens is 266 g/mol. The van der Waals surface area contributed by atoms with Gasteiger partial charge >= 0.3 is 0 Å². The molecule has 6 heteroatoms. The quantitative estimate of drug-likeness (QED) is 0.733. The Balaban J connectivity index is 1.72. The molecule has 0 bridgehead atoms. The van der Waals surface area contributed by atoms with E-state index in [-0.39, 0.29) is 5.56 Å². The van der Waals surface area contributed by atoms with E-state index in [1.54, 1.807) is 33.9 Å². The predicted octanol–water partition coefficient (Wildman–Crippen LogP) is 1.39. The second-order valence-electron chi connectivity index (χ2n) is 4.69. The average molecular weight is 281 g/mol. The molecule has 0 radical (unpaired) electrons. The Labute approximate surface area is 121 Å². The molecule has 3 rings (SSSR count). The van der Waals surface area contributed by atoms with E-state index in [0.717, 1.165) is 5.56 Å². The van der Waals surface area contributed by atoms with Crippen LogP contribution >= 0.6 is 0 Å².